The Balaban J connectivity index is 0.000000111. The normalized spacial score (nSPS) is 11.6. The summed E-state index contributed by atoms with van der Waals surface area (Å²) in [4.78, 5) is 15.3. The van der Waals surface area contributed by atoms with Crippen LogP contribution >= 0.6 is 11.3 Å². The molecule has 0 radical (unpaired) electrons. The predicted molar refractivity (Wildman–Crippen MR) is 574 cm³/mol. The quantitative estimate of drug-likeness (QED) is 0.0850. The molecule has 5 heterocycles. The minimum atomic E-state index is 0.676. The van der Waals surface area contributed by atoms with Crippen LogP contribution in [0.2, 0.25) is 0 Å². The molecule has 27 rings (SSSR count). The van der Waals surface area contributed by atoms with Crippen LogP contribution in [-0.4, -0.2) is 19.5 Å². The van der Waals surface area contributed by atoms with E-state index in [1.807, 2.05) is 59.9 Å². The highest BCUT2D eigenvalue weighted by Gasteiger charge is 2.23. The maximum Gasteiger partial charge on any atom is 0.160 e. The number of para-hydroxylation sites is 4. The highest BCUT2D eigenvalue weighted by Crippen LogP contribution is 2.48. The van der Waals surface area contributed by atoms with Crippen molar-refractivity contribution in [3.05, 3.63) is 485 Å². The van der Waals surface area contributed by atoms with Gasteiger partial charge in [-0.25, -0.2) is 15.0 Å². The van der Waals surface area contributed by atoms with Gasteiger partial charge >= 0.3 is 0 Å². The summed E-state index contributed by atoms with van der Waals surface area (Å²) in [5, 5.41) is 20.0. The first-order valence-electron chi connectivity index (χ1n) is 46.5. The molecule has 638 valence electrons. The molecular weight excluding hydrogens is 1670 g/mol. The molecule has 0 aliphatic heterocycles. The fourth-order valence-corrected chi connectivity index (χ4v) is 21.6. The van der Waals surface area contributed by atoms with Gasteiger partial charge in [0.2, 0.25) is 0 Å². The first-order chi connectivity index (χ1) is 67.3. The zero-order valence-electron chi connectivity index (χ0n) is 74.3. The molecular formula is C129H84N4O2S. The minimum absolute atomic E-state index is 0.676. The van der Waals surface area contributed by atoms with E-state index in [4.69, 9.17) is 23.8 Å². The highest BCUT2D eigenvalue weighted by molar-refractivity contribution is 7.26. The van der Waals surface area contributed by atoms with Crippen molar-refractivity contribution >= 4 is 140 Å². The van der Waals surface area contributed by atoms with E-state index in [1.54, 1.807) is 0 Å². The Morgan fingerprint density at radius 2 is 0.581 bits per heavy atom. The Bertz CT molecular complexity index is 9090. The molecule has 27 aromatic rings. The third-order valence-corrected chi connectivity index (χ3v) is 28.1. The summed E-state index contributed by atoms with van der Waals surface area (Å²) in [6.45, 7) is 2.17. The van der Waals surface area contributed by atoms with Crippen LogP contribution in [0.4, 0.5) is 0 Å². The molecule has 0 amide bonds. The van der Waals surface area contributed by atoms with Crippen LogP contribution in [0.3, 0.4) is 0 Å². The van der Waals surface area contributed by atoms with Crippen LogP contribution in [0.15, 0.2) is 488 Å². The van der Waals surface area contributed by atoms with Crippen molar-refractivity contribution in [1.29, 1.82) is 0 Å². The van der Waals surface area contributed by atoms with Crippen LogP contribution in [-0.2, 0) is 6.42 Å². The molecule has 0 saturated heterocycles. The molecule has 136 heavy (non-hydrogen) atoms. The molecule has 0 fully saturated rings. The van der Waals surface area contributed by atoms with Gasteiger partial charge in [0.25, 0.3) is 0 Å². The van der Waals surface area contributed by atoms with Gasteiger partial charge in [-0.15, -0.1) is 11.3 Å². The number of aromatic nitrogens is 4. The van der Waals surface area contributed by atoms with Crippen LogP contribution < -0.4 is 0 Å². The molecule has 0 aliphatic rings. The average molecular weight is 1750 g/mol. The lowest BCUT2D eigenvalue weighted by Gasteiger charge is -2.18. The van der Waals surface area contributed by atoms with Crippen molar-refractivity contribution in [2.24, 2.45) is 0 Å². The Morgan fingerprint density at radius 3 is 1.14 bits per heavy atom. The van der Waals surface area contributed by atoms with Gasteiger partial charge in [0.15, 0.2) is 5.82 Å². The Labute approximate surface area is 789 Å². The molecule has 22 aromatic carbocycles. The summed E-state index contributed by atoms with van der Waals surface area (Å²) in [5.41, 5.74) is 30.7. The van der Waals surface area contributed by atoms with Gasteiger partial charge in [0.05, 0.1) is 22.4 Å². The summed E-state index contributed by atoms with van der Waals surface area (Å²) in [7, 11) is 0. The van der Waals surface area contributed by atoms with E-state index in [9.17, 15) is 0 Å². The van der Waals surface area contributed by atoms with Crippen molar-refractivity contribution in [2.45, 2.75) is 13.3 Å². The van der Waals surface area contributed by atoms with Crippen LogP contribution in [0, 0.1) is 0 Å². The molecule has 5 aromatic heterocycles. The number of furan rings is 2. The number of aryl methyl sites for hydroxylation is 1. The highest BCUT2D eigenvalue weighted by atomic mass is 32.1. The third-order valence-electron chi connectivity index (χ3n) is 26.9. The minimum Gasteiger partial charge on any atom is -0.456 e. The zero-order valence-corrected chi connectivity index (χ0v) is 75.1. The Kier molecular flexibility index (Phi) is 20.3. The topological polar surface area (TPSA) is 69.9 Å². The summed E-state index contributed by atoms with van der Waals surface area (Å²) < 4.78 is 17.4. The van der Waals surface area contributed by atoms with Crippen LogP contribution in [0.1, 0.15) is 12.7 Å². The molecule has 6 nitrogen and oxygen atoms in total. The van der Waals surface area contributed by atoms with E-state index < -0.39 is 0 Å². The fourth-order valence-electron chi connectivity index (χ4n) is 20.4. The molecule has 0 unspecified atom stereocenters. The van der Waals surface area contributed by atoms with Crippen molar-refractivity contribution in [1.82, 2.24) is 19.5 Å². The van der Waals surface area contributed by atoms with Crippen LogP contribution in [0.5, 0.6) is 0 Å². The van der Waals surface area contributed by atoms with Crippen LogP contribution in [0.25, 0.3) is 258 Å². The largest absolute Gasteiger partial charge is 0.456 e. The van der Waals surface area contributed by atoms with Crippen molar-refractivity contribution in [3.8, 4) is 129 Å². The van der Waals surface area contributed by atoms with E-state index in [-0.39, 0.29) is 0 Å². The van der Waals surface area contributed by atoms with Crippen molar-refractivity contribution in [3.63, 3.8) is 0 Å². The number of hydrogen-bond acceptors (Lipinski definition) is 6. The van der Waals surface area contributed by atoms with E-state index in [2.05, 4.69) is 442 Å². The van der Waals surface area contributed by atoms with Gasteiger partial charge in [0.1, 0.15) is 28.2 Å². The van der Waals surface area contributed by atoms with E-state index in [0.717, 1.165) is 129 Å². The number of fused-ring (bicyclic) bond motifs is 18. The molecule has 0 spiro atoms. The Morgan fingerprint density at radius 1 is 0.221 bits per heavy atom. The second-order valence-corrected chi connectivity index (χ2v) is 36.0. The summed E-state index contributed by atoms with van der Waals surface area (Å²) in [6, 6.07) is 171. The first-order valence-corrected chi connectivity index (χ1v) is 47.3. The first kappa shape index (κ1) is 80.6. The molecule has 0 aliphatic carbocycles. The second kappa shape index (κ2) is 34.3. The van der Waals surface area contributed by atoms with Crippen molar-refractivity contribution < 1.29 is 8.83 Å². The summed E-state index contributed by atoms with van der Waals surface area (Å²) in [6.07, 6.45) is 0.875. The smallest absolute Gasteiger partial charge is 0.160 e. The number of thiophene rings is 1. The van der Waals surface area contributed by atoms with Gasteiger partial charge in [-0.1, -0.05) is 383 Å². The van der Waals surface area contributed by atoms with Gasteiger partial charge in [0, 0.05) is 70.5 Å². The maximum absolute atomic E-state index is 6.21. The SMILES string of the molecule is CCc1nc2ccccc2n1-c1ccc(-c2c3ccccc3c(-c3ccc(-c4ccccc4)cc3)c3ccccc23)cc1.c1cc(-c2ccc3c4ccccc4c4ccccc4c3c2)cc(-c2cccc3c2sc2ccccc23)c1.c1ccc(-c2ccc(-c3cc(-c4cc(-c5ccc6oc7ccccc7c6c5)cc(-c5ccc6oc7ccccc7c6c5)c4)nc(-c4ccccc4)n3)cc2)cc1. The number of hydrogen-bond donors (Lipinski definition) is 0. The van der Waals surface area contributed by atoms with Gasteiger partial charge in [-0.05, 0) is 246 Å². The monoisotopic (exact) mass is 1750 g/mol. The fraction of sp³-hybridized carbons (Fsp3) is 0.0155. The molecule has 0 saturated carbocycles. The predicted octanol–water partition coefficient (Wildman–Crippen LogP) is 36.0. The summed E-state index contributed by atoms with van der Waals surface area (Å²) in [5.74, 6) is 1.75. The lowest BCUT2D eigenvalue weighted by molar-refractivity contribution is 0.668. The van der Waals surface area contributed by atoms with E-state index in [1.165, 1.54) is 135 Å². The lowest BCUT2D eigenvalue weighted by atomic mass is 9.85. The summed E-state index contributed by atoms with van der Waals surface area (Å²) >= 11 is 1.89. The maximum atomic E-state index is 6.21. The standard InChI is InChI=1S/C52H32N2O2.C41H30N2.C36H22S/c1-3-11-33(12-4-1)34-19-21-35(22-20-34)46-32-47(54-52(53-46)36-13-5-2-6-14-36)41-28-39(37-23-25-50-44(30-37)42-15-7-9-17-48(42)55-50)27-40(29-41)38-24-26-51-45(31-38)43-16-8-10-18-49(43)56-51;1-2-39-42-37-18-10-11-19-38(37)43(39)32-26-24-31(25-27-32)41-35-16-8-6-14-33(35)40(34-15-7-9-17-36(34)41)30-22-20-29(21-23-30)28-12-4-3-5-13-28;1-2-13-29-27(11-1)28-12-3-4-14-30(28)34-22-24(19-20-31(29)34)23-9-7-10-25(21-23)26-16-8-17-33-32-15-5-6-18-35(32)37-36(26)33/h1-32H;3-27H,2H2,1H3;1-22H. The van der Waals surface area contributed by atoms with Crippen molar-refractivity contribution in [2.75, 3.05) is 0 Å². The number of rotatable bonds is 13. The lowest BCUT2D eigenvalue weighted by Crippen LogP contribution is -2.00. The second-order valence-electron chi connectivity index (χ2n) is 34.9. The molecule has 7 heteroatoms. The molecule has 0 N–H and O–H groups in total. The van der Waals surface area contributed by atoms with Gasteiger partial charge < -0.3 is 8.83 Å². The zero-order chi connectivity index (χ0) is 90.1. The third kappa shape index (κ3) is 14.7. The van der Waals surface area contributed by atoms with Gasteiger partial charge in [-0.2, -0.15) is 0 Å². The number of nitrogens with zero attached hydrogens (tertiary/aromatic N) is 4. The average Bonchev–Trinajstić information content (AvgIpc) is 1.51. The van der Waals surface area contributed by atoms with E-state index in [0.29, 0.717) is 5.82 Å². The number of imidazole rings is 1. The Hall–Kier alpha value is -17.5. The van der Waals surface area contributed by atoms with E-state index >= 15 is 0 Å². The number of benzene rings is 22. The molecule has 0 atom stereocenters. The van der Waals surface area contributed by atoms with Gasteiger partial charge in [-0.3, -0.25) is 4.57 Å². The molecule has 0 bridgehead atoms.